The molecule has 1 aromatic heterocycles. The highest BCUT2D eigenvalue weighted by Crippen LogP contribution is 2.51. The van der Waals surface area contributed by atoms with E-state index < -0.39 is 5.41 Å². The van der Waals surface area contributed by atoms with Gasteiger partial charge in [-0.25, -0.2) is 0 Å². The first-order chi connectivity index (χ1) is 20.6. The zero-order chi connectivity index (χ0) is 28.7. The molecule has 0 fully saturated rings. The van der Waals surface area contributed by atoms with E-state index in [-0.39, 0.29) is 0 Å². The molecule has 2 nitrogen and oxygen atoms in total. The van der Waals surface area contributed by atoms with Gasteiger partial charge in [0.05, 0.1) is 0 Å². The van der Waals surface area contributed by atoms with Crippen LogP contribution in [0.4, 0.5) is 5.69 Å². The number of aryl methyl sites for hydroxylation is 2. The summed E-state index contributed by atoms with van der Waals surface area (Å²) in [7, 11) is 0. The normalized spacial score (nSPS) is 17.7. The van der Waals surface area contributed by atoms with Crippen LogP contribution in [0.3, 0.4) is 0 Å². The summed E-state index contributed by atoms with van der Waals surface area (Å²) in [6, 6.07) is 43.4. The summed E-state index contributed by atoms with van der Waals surface area (Å²) in [4.78, 5) is 3.76. The first-order valence-electron chi connectivity index (χ1n) is 14.6. The van der Waals surface area contributed by atoms with Crippen molar-refractivity contribution in [3.8, 4) is 11.1 Å². The third-order valence-corrected chi connectivity index (χ3v) is 8.87. The maximum Gasteiger partial charge on any atom is 0.0468 e. The zero-order valence-electron chi connectivity index (χ0n) is 24.3. The van der Waals surface area contributed by atoms with Gasteiger partial charge in [-0.2, -0.15) is 0 Å². The van der Waals surface area contributed by atoms with Crippen LogP contribution in [-0.4, -0.2) is 4.98 Å². The van der Waals surface area contributed by atoms with Gasteiger partial charge in [0.15, 0.2) is 0 Å². The van der Waals surface area contributed by atoms with Crippen molar-refractivity contribution in [2.75, 3.05) is 5.32 Å². The van der Waals surface area contributed by atoms with Crippen LogP contribution in [0, 0.1) is 13.8 Å². The van der Waals surface area contributed by atoms with Crippen LogP contribution < -0.4 is 5.32 Å². The minimum Gasteiger partial charge on any atom is -0.361 e. The Labute approximate surface area is 248 Å². The van der Waals surface area contributed by atoms with Crippen LogP contribution in [0.25, 0.3) is 39.8 Å². The Morgan fingerprint density at radius 1 is 0.643 bits per heavy atom. The molecule has 2 heteroatoms. The van der Waals surface area contributed by atoms with Gasteiger partial charge >= 0.3 is 0 Å². The van der Waals surface area contributed by atoms with Crippen molar-refractivity contribution in [3.63, 3.8) is 0 Å². The standard InChI is InChI=1S/C40H34N2/c1-27-14-10-11-19-31(27)38-28(2)22-24-34-32(38)23-25-37-39(33-20-12-13-21-36(33)42-37)35(26-41-30-17-8-5-9-18-30)40(34,3)29-15-6-4-7-16-29/h4-26,41-42H,1-3H3/b25-23-,35-26-. The minimum absolute atomic E-state index is 0.478. The van der Waals surface area contributed by atoms with Crippen molar-refractivity contribution in [2.24, 2.45) is 0 Å². The molecule has 1 atom stereocenters. The van der Waals surface area contributed by atoms with Crippen molar-refractivity contribution in [1.82, 2.24) is 4.98 Å². The molecule has 0 aliphatic heterocycles. The van der Waals surface area contributed by atoms with Crippen LogP contribution in [-0.2, 0) is 5.41 Å². The lowest BCUT2D eigenvalue weighted by Crippen LogP contribution is -2.28. The van der Waals surface area contributed by atoms with E-state index in [2.05, 4.69) is 171 Å². The van der Waals surface area contributed by atoms with Crippen molar-refractivity contribution in [2.45, 2.75) is 26.2 Å². The Hall–Kier alpha value is -5.08. The summed E-state index contributed by atoms with van der Waals surface area (Å²) in [5.41, 5.74) is 14.2. The molecule has 0 saturated heterocycles. The third kappa shape index (κ3) is 4.19. The molecule has 0 amide bonds. The van der Waals surface area contributed by atoms with E-state index >= 15 is 0 Å². The molecule has 1 aliphatic rings. The van der Waals surface area contributed by atoms with E-state index in [1.807, 2.05) is 0 Å². The van der Waals surface area contributed by atoms with Crippen LogP contribution in [0.2, 0.25) is 0 Å². The average Bonchev–Trinajstić information content (AvgIpc) is 3.38. The van der Waals surface area contributed by atoms with Crippen LogP contribution >= 0.6 is 0 Å². The molecule has 7 rings (SSSR count). The lowest BCUT2D eigenvalue weighted by molar-refractivity contribution is 0.743. The Bertz CT molecular complexity index is 1980. The maximum absolute atomic E-state index is 3.76. The molecule has 2 N–H and O–H groups in total. The van der Waals surface area contributed by atoms with Crippen molar-refractivity contribution >= 4 is 34.3 Å². The number of aromatic amines is 1. The number of nitrogens with one attached hydrogen (secondary N) is 2. The monoisotopic (exact) mass is 542 g/mol. The van der Waals surface area contributed by atoms with Gasteiger partial charge in [-0.1, -0.05) is 109 Å². The number of hydrogen-bond acceptors (Lipinski definition) is 1. The predicted octanol–water partition coefficient (Wildman–Crippen LogP) is 10.4. The Morgan fingerprint density at radius 2 is 1.33 bits per heavy atom. The first-order valence-corrected chi connectivity index (χ1v) is 14.6. The Kier molecular flexibility index (Phi) is 6.40. The summed E-state index contributed by atoms with van der Waals surface area (Å²) in [6.45, 7) is 6.83. The predicted molar refractivity (Wildman–Crippen MR) is 180 cm³/mol. The SMILES string of the molecule is Cc1ccccc1-c1c(C)ccc2c1/C=C\c1[nH]c3ccccc3c1/C(=C/Nc1ccccc1)C2(C)c1ccccc1. The van der Waals surface area contributed by atoms with Gasteiger partial charge in [0, 0.05) is 39.5 Å². The molecule has 0 bridgehead atoms. The number of para-hydroxylation sites is 2. The fourth-order valence-electron chi connectivity index (χ4n) is 6.68. The number of aromatic nitrogens is 1. The zero-order valence-corrected chi connectivity index (χ0v) is 24.3. The number of allylic oxidation sites excluding steroid dienone is 1. The van der Waals surface area contributed by atoms with Gasteiger partial charge < -0.3 is 10.3 Å². The quantitative estimate of drug-likeness (QED) is 0.228. The molecule has 5 aromatic carbocycles. The maximum atomic E-state index is 3.76. The number of anilines is 1. The second kappa shape index (κ2) is 10.4. The molecule has 204 valence electrons. The fraction of sp³-hybridized carbons (Fsp3) is 0.100. The molecule has 42 heavy (non-hydrogen) atoms. The van der Waals surface area contributed by atoms with Crippen molar-refractivity contribution < 1.29 is 0 Å². The molecule has 1 aliphatic carbocycles. The van der Waals surface area contributed by atoms with E-state index in [9.17, 15) is 0 Å². The van der Waals surface area contributed by atoms with Gasteiger partial charge in [-0.3, -0.25) is 0 Å². The number of hydrogen-bond donors (Lipinski definition) is 2. The molecular formula is C40H34N2. The molecule has 0 spiro atoms. The smallest absolute Gasteiger partial charge is 0.0468 e. The average molecular weight is 543 g/mol. The summed E-state index contributed by atoms with van der Waals surface area (Å²) in [5.74, 6) is 0. The van der Waals surface area contributed by atoms with Gasteiger partial charge in [0.1, 0.15) is 0 Å². The van der Waals surface area contributed by atoms with Gasteiger partial charge in [-0.05, 0) is 89.6 Å². The van der Waals surface area contributed by atoms with E-state index in [0.717, 1.165) is 16.9 Å². The van der Waals surface area contributed by atoms with Gasteiger partial charge in [-0.15, -0.1) is 0 Å². The van der Waals surface area contributed by atoms with E-state index in [1.54, 1.807) is 0 Å². The van der Waals surface area contributed by atoms with Crippen LogP contribution in [0.5, 0.6) is 0 Å². The third-order valence-electron chi connectivity index (χ3n) is 8.87. The molecular weight excluding hydrogens is 508 g/mol. The van der Waals surface area contributed by atoms with Crippen LogP contribution in [0.1, 0.15) is 46.0 Å². The van der Waals surface area contributed by atoms with E-state index in [1.165, 1.54) is 55.5 Å². The number of fused-ring (bicyclic) bond motifs is 4. The highest BCUT2D eigenvalue weighted by Gasteiger charge is 2.39. The van der Waals surface area contributed by atoms with Crippen LogP contribution in [0.15, 0.2) is 128 Å². The largest absolute Gasteiger partial charge is 0.361 e. The summed E-state index contributed by atoms with van der Waals surface area (Å²) in [6.07, 6.45) is 6.84. The fourth-order valence-corrected chi connectivity index (χ4v) is 6.68. The molecule has 0 saturated carbocycles. The van der Waals surface area contributed by atoms with E-state index in [4.69, 9.17) is 0 Å². The molecule has 0 radical (unpaired) electrons. The van der Waals surface area contributed by atoms with Crippen molar-refractivity contribution in [1.29, 1.82) is 0 Å². The summed E-state index contributed by atoms with van der Waals surface area (Å²) < 4.78 is 0. The molecule has 1 heterocycles. The second-order valence-corrected chi connectivity index (χ2v) is 11.4. The minimum atomic E-state index is -0.478. The molecule has 6 aromatic rings. The number of H-pyrrole nitrogens is 1. The number of benzene rings is 5. The topological polar surface area (TPSA) is 27.8 Å². The first kappa shape index (κ1) is 25.9. The lowest BCUT2D eigenvalue weighted by Gasteiger charge is -2.37. The lowest BCUT2D eigenvalue weighted by atomic mass is 9.65. The summed E-state index contributed by atoms with van der Waals surface area (Å²) >= 11 is 0. The highest BCUT2D eigenvalue weighted by atomic mass is 14.8. The van der Waals surface area contributed by atoms with E-state index in [0.29, 0.717) is 0 Å². The number of rotatable bonds is 4. The van der Waals surface area contributed by atoms with Gasteiger partial charge in [0.25, 0.3) is 0 Å². The Morgan fingerprint density at radius 3 is 2.12 bits per heavy atom. The van der Waals surface area contributed by atoms with Crippen molar-refractivity contribution in [3.05, 3.63) is 167 Å². The van der Waals surface area contributed by atoms with Gasteiger partial charge in [0.2, 0.25) is 0 Å². The second-order valence-electron chi connectivity index (χ2n) is 11.4. The molecule has 1 unspecified atom stereocenters. The summed E-state index contributed by atoms with van der Waals surface area (Å²) in [5, 5.41) is 4.90. The highest BCUT2D eigenvalue weighted by molar-refractivity contribution is 6.03. The Balaban J connectivity index is 1.62.